The van der Waals surface area contributed by atoms with Gasteiger partial charge in [0.15, 0.2) is 0 Å². The van der Waals surface area contributed by atoms with Gasteiger partial charge in [0.05, 0.1) is 12.3 Å². The lowest BCUT2D eigenvalue weighted by atomic mass is 10.1. The molecule has 1 aromatic heterocycles. The lowest BCUT2D eigenvalue weighted by molar-refractivity contribution is 0.155. The van der Waals surface area contributed by atoms with Gasteiger partial charge >= 0.3 is 6.09 Å². The van der Waals surface area contributed by atoms with Crippen LogP contribution in [0.2, 0.25) is 10.0 Å². The minimum Gasteiger partial charge on any atom is -0.450 e. The van der Waals surface area contributed by atoms with Gasteiger partial charge in [-0.25, -0.2) is 9.78 Å². The Kier molecular flexibility index (Phi) is 7.89. The molecule has 2 rings (SSSR count). The van der Waals surface area contributed by atoms with Crippen molar-refractivity contribution in [3.63, 3.8) is 0 Å². The van der Waals surface area contributed by atoms with E-state index in [0.717, 1.165) is 21.4 Å². The Balaban J connectivity index is 2.36. The van der Waals surface area contributed by atoms with E-state index >= 15 is 0 Å². The number of benzene rings is 1. The van der Waals surface area contributed by atoms with E-state index in [-0.39, 0.29) is 18.6 Å². The first-order valence-corrected chi connectivity index (χ1v) is 10.4. The van der Waals surface area contributed by atoms with Crippen LogP contribution in [-0.4, -0.2) is 22.3 Å². The van der Waals surface area contributed by atoms with E-state index < -0.39 is 6.09 Å². The molecule has 0 aliphatic rings. The average molecular weight is 430 g/mol. The molecule has 148 valence electrons. The van der Waals surface area contributed by atoms with Crippen LogP contribution >= 0.6 is 35.0 Å². The zero-order valence-electron chi connectivity index (χ0n) is 16.0. The van der Waals surface area contributed by atoms with Crippen LogP contribution in [0.1, 0.15) is 57.6 Å². The van der Waals surface area contributed by atoms with E-state index in [9.17, 15) is 4.79 Å². The van der Waals surface area contributed by atoms with Crippen molar-refractivity contribution < 1.29 is 9.53 Å². The summed E-state index contributed by atoms with van der Waals surface area (Å²) in [6.45, 7) is 8.79. The Morgan fingerprint density at radius 3 is 2.37 bits per heavy atom. The number of aromatic nitrogens is 2. The number of carbonyl (C=O) groups excluding carboxylic acids is 1. The summed E-state index contributed by atoms with van der Waals surface area (Å²) in [5.41, 5.74) is 6.06. The highest BCUT2D eigenvalue weighted by atomic mass is 35.5. The summed E-state index contributed by atoms with van der Waals surface area (Å²) in [5, 5.41) is 2.30. The first-order valence-electron chi connectivity index (χ1n) is 8.86. The highest BCUT2D eigenvalue weighted by Gasteiger charge is 2.22. The molecule has 0 saturated heterocycles. The molecule has 0 saturated carbocycles. The van der Waals surface area contributed by atoms with Crippen LogP contribution in [0.5, 0.6) is 0 Å². The Morgan fingerprint density at radius 2 is 1.85 bits per heavy atom. The summed E-state index contributed by atoms with van der Waals surface area (Å²) in [6, 6.07) is 5.76. The van der Waals surface area contributed by atoms with E-state index in [0.29, 0.717) is 22.9 Å². The van der Waals surface area contributed by atoms with Gasteiger partial charge in [-0.15, -0.1) is 0 Å². The average Bonchev–Trinajstić information content (AvgIpc) is 2.89. The van der Waals surface area contributed by atoms with Crippen molar-refractivity contribution in [2.75, 3.05) is 6.61 Å². The third-order valence-corrected chi connectivity index (χ3v) is 5.38. The molecule has 1 heterocycles. The topological polar surface area (TPSA) is 70.1 Å². The van der Waals surface area contributed by atoms with Crippen molar-refractivity contribution in [1.82, 2.24) is 9.55 Å². The molecule has 0 fully saturated rings. The molecule has 5 nitrogen and oxygen atoms in total. The summed E-state index contributed by atoms with van der Waals surface area (Å²) >= 11 is 13.9. The second kappa shape index (κ2) is 9.71. The fourth-order valence-electron chi connectivity index (χ4n) is 2.77. The molecule has 0 aliphatic heterocycles. The molecule has 0 aliphatic carbocycles. The van der Waals surface area contributed by atoms with Crippen LogP contribution in [0.25, 0.3) is 0 Å². The number of imidazole rings is 1. The number of ether oxygens (including phenoxy) is 1. The number of aryl methyl sites for hydroxylation is 1. The normalized spacial score (nSPS) is 11.4. The number of amides is 1. The predicted molar refractivity (Wildman–Crippen MR) is 111 cm³/mol. The molecule has 8 heteroatoms. The minimum atomic E-state index is -0.751. The molecule has 1 amide bonds. The number of rotatable bonds is 8. The molecule has 0 bridgehead atoms. The summed E-state index contributed by atoms with van der Waals surface area (Å²) < 4.78 is 7.07. The zero-order valence-corrected chi connectivity index (χ0v) is 18.3. The van der Waals surface area contributed by atoms with Crippen LogP contribution < -0.4 is 5.73 Å². The Labute approximate surface area is 174 Å². The van der Waals surface area contributed by atoms with Crippen LogP contribution in [0.4, 0.5) is 4.79 Å². The smallest absolute Gasteiger partial charge is 0.404 e. The van der Waals surface area contributed by atoms with Gasteiger partial charge in [0.2, 0.25) is 0 Å². The maximum atomic E-state index is 10.7. The standard InChI is InChI=1S/C19H25Cl2N3O2S/c1-11(2)17-18(27-15-9-13(20)8-14(21)10-15)24(12(3)4)16(23-17)6-5-7-26-19(22)25/h8-12H,5-7H2,1-4H3,(H2,22,25). The molecular formula is C19H25Cl2N3O2S. The fraction of sp³-hybridized carbons (Fsp3) is 0.474. The molecule has 0 spiro atoms. The van der Waals surface area contributed by atoms with Crippen molar-refractivity contribution in [2.45, 2.75) is 62.4 Å². The summed E-state index contributed by atoms with van der Waals surface area (Å²) in [5.74, 6) is 1.24. The Bertz CT molecular complexity index is 786. The summed E-state index contributed by atoms with van der Waals surface area (Å²) in [6.07, 6.45) is 0.610. The van der Waals surface area contributed by atoms with Crippen LogP contribution in [-0.2, 0) is 11.2 Å². The number of primary amides is 1. The molecule has 2 aromatic rings. The SMILES string of the molecule is CC(C)c1nc(CCCOC(N)=O)n(C(C)C)c1Sc1cc(Cl)cc(Cl)c1. The summed E-state index contributed by atoms with van der Waals surface area (Å²) in [4.78, 5) is 16.6. The van der Waals surface area contributed by atoms with Gasteiger partial charge in [0.1, 0.15) is 10.9 Å². The van der Waals surface area contributed by atoms with Crippen molar-refractivity contribution in [3.8, 4) is 0 Å². The Hall–Kier alpha value is -1.37. The second-order valence-corrected chi connectivity index (χ2v) is 8.75. The highest BCUT2D eigenvalue weighted by Crippen LogP contribution is 2.38. The van der Waals surface area contributed by atoms with Gasteiger partial charge in [0, 0.05) is 27.4 Å². The third-order valence-electron chi connectivity index (χ3n) is 3.87. The number of halogens is 2. The number of hydrogen-bond donors (Lipinski definition) is 1. The molecule has 0 atom stereocenters. The number of hydrogen-bond acceptors (Lipinski definition) is 4. The molecule has 2 N–H and O–H groups in total. The van der Waals surface area contributed by atoms with Crippen LogP contribution in [0.3, 0.4) is 0 Å². The molecule has 0 radical (unpaired) electrons. The van der Waals surface area contributed by atoms with Crippen molar-refractivity contribution in [2.24, 2.45) is 5.73 Å². The van der Waals surface area contributed by atoms with E-state index in [4.69, 9.17) is 38.7 Å². The first kappa shape index (κ1) is 21.9. The monoisotopic (exact) mass is 429 g/mol. The highest BCUT2D eigenvalue weighted by molar-refractivity contribution is 7.99. The van der Waals surface area contributed by atoms with Gasteiger partial charge in [-0.3, -0.25) is 0 Å². The maximum absolute atomic E-state index is 10.7. The second-order valence-electron chi connectivity index (χ2n) is 6.82. The van der Waals surface area contributed by atoms with E-state index in [1.165, 1.54) is 0 Å². The quantitative estimate of drug-likeness (QED) is 0.516. The van der Waals surface area contributed by atoms with Crippen molar-refractivity contribution in [1.29, 1.82) is 0 Å². The summed E-state index contributed by atoms with van der Waals surface area (Å²) in [7, 11) is 0. The maximum Gasteiger partial charge on any atom is 0.404 e. The third kappa shape index (κ3) is 6.06. The fourth-order valence-corrected chi connectivity index (χ4v) is 4.82. The van der Waals surface area contributed by atoms with Gasteiger partial charge in [0.25, 0.3) is 0 Å². The van der Waals surface area contributed by atoms with Crippen LogP contribution in [0, 0.1) is 0 Å². The zero-order chi connectivity index (χ0) is 20.1. The molecular weight excluding hydrogens is 405 g/mol. The largest absolute Gasteiger partial charge is 0.450 e. The predicted octanol–water partition coefficient (Wildman–Crippen LogP) is 6.07. The Morgan fingerprint density at radius 1 is 1.22 bits per heavy atom. The lowest BCUT2D eigenvalue weighted by Crippen LogP contribution is -2.15. The van der Waals surface area contributed by atoms with Gasteiger partial charge < -0.3 is 15.0 Å². The molecule has 27 heavy (non-hydrogen) atoms. The van der Waals surface area contributed by atoms with E-state index in [1.807, 2.05) is 12.1 Å². The van der Waals surface area contributed by atoms with Crippen molar-refractivity contribution in [3.05, 3.63) is 39.8 Å². The minimum absolute atomic E-state index is 0.231. The lowest BCUT2D eigenvalue weighted by Gasteiger charge is -2.17. The van der Waals surface area contributed by atoms with Gasteiger partial charge in [-0.05, 0) is 44.4 Å². The van der Waals surface area contributed by atoms with Crippen LogP contribution in [0.15, 0.2) is 28.1 Å². The number of nitrogens with zero attached hydrogens (tertiary/aromatic N) is 2. The molecule has 1 aromatic carbocycles. The van der Waals surface area contributed by atoms with Crippen molar-refractivity contribution >= 4 is 41.1 Å². The van der Waals surface area contributed by atoms with Gasteiger partial charge in [-0.2, -0.15) is 0 Å². The number of carbonyl (C=O) groups is 1. The number of nitrogens with two attached hydrogens (primary N) is 1. The van der Waals surface area contributed by atoms with E-state index in [1.54, 1.807) is 17.8 Å². The van der Waals surface area contributed by atoms with E-state index in [2.05, 4.69) is 32.3 Å². The van der Waals surface area contributed by atoms with Gasteiger partial charge in [-0.1, -0.05) is 48.8 Å². The molecule has 0 unspecified atom stereocenters. The first-order chi connectivity index (χ1) is 12.7.